The second kappa shape index (κ2) is 7.94. The van der Waals surface area contributed by atoms with Gasteiger partial charge in [0.25, 0.3) is 0 Å². The van der Waals surface area contributed by atoms with Gasteiger partial charge in [0.15, 0.2) is 5.82 Å². The fourth-order valence-corrected chi connectivity index (χ4v) is 3.25. The van der Waals surface area contributed by atoms with Crippen molar-refractivity contribution in [2.24, 2.45) is 0 Å². The van der Waals surface area contributed by atoms with E-state index in [2.05, 4.69) is 25.6 Å². The van der Waals surface area contributed by atoms with E-state index in [9.17, 15) is 14.3 Å². The molecule has 1 aliphatic rings. The van der Waals surface area contributed by atoms with Crippen molar-refractivity contribution < 1.29 is 14.3 Å². The van der Waals surface area contributed by atoms with Crippen LogP contribution in [0.15, 0.2) is 42.7 Å². The first-order valence-corrected chi connectivity index (χ1v) is 10.1. The number of hydrogen-bond donors (Lipinski definition) is 3. The Balaban J connectivity index is 1.55. The van der Waals surface area contributed by atoms with Gasteiger partial charge in [-0.3, -0.25) is 0 Å². The van der Waals surface area contributed by atoms with Crippen molar-refractivity contribution >= 4 is 23.4 Å². The van der Waals surface area contributed by atoms with Crippen LogP contribution in [0.2, 0.25) is 0 Å². The number of hydrogen-bond acceptors (Lipinski definition) is 6. The van der Waals surface area contributed by atoms with Crippen LogP contribution in [-0.2, 0) is 4.79 Å². The topological polar surface area (TPSA) is 100 Å². The van der Waals surface area contributed by atoms with Gasteiger partial charge in [-0.25, -0.2) is 24.1 Å². The zero-order valence-corrected chi connectivity index (χ0v) is 17.6. The summed E-state index contributed by atoms with van der Waals surface area (Å²) in [6.45, 7) is 5.14. The number of aromatic nitrogens is 3. The molecule has 1 fully saturated rings. The SMILES string of the molecule is Cc1cc(Nc2ncc(F)c(C3CC3)n2)cc(-c2ccc(NC(C)(C)C(=O)O)nc2)c1. The van der Waals surface area contributed by atoms with Gasteiger partial charge in [-0.2, -0.15) is 0 Å². The van der Waals surface area contributed by atoms with E-state index in [0.717, 1.165) is 35.2 Å². The Morgan fingerprint density at radius 3 is 2.55 bits per heavy atom. The highest BCUT2D eigenvalue weighted by Gasteiger charge is 2.29. The van der Waals surface area contributed by atoms with Crippen molar-refractivity contribution in [1.82, 2.24) is 15.0 Å². The van der Waals surface area contributed by atoms with Crippen molar-refractivity contribution in [2.75, 3.05) is 10.6 Å². The average molecular weight is 421 g/mol. The van der Waals surface area contributed by atoms with Gasteiger partial charge in [0.1, 0.15) is 11.4 Å². The predicted molar refractivity (Wildman–Crippen MR) is 117 cm³/mol. The lowest BCUT2D eigenvalue weighted by Crippen LogP contribution is -2.40. The summed E-state index contributed by atoms with van der Waals surface area (Å²) in [6, 6.07) is 9.57. The molecule has 0 bridgehead atoms. The van der Waals surface area contributed by atoms with E-state index in [1.807, 2.05) is 31.2 Å². The van der Waals surface area contributed by atoms with Crippen LogP contribution in [0.3, 0.4) is 0 Å². The van der Waals surface area contributed by atoms with E-state index in [0.29, 0.717) is 17.5 Å². The van der Waals surface area contributed by atoms with Gasteiger partial charge >= 0.3 is 5.97 Å². The molecule has 4 rings (SSSR count). The van der Waals surface area contributed by atoms with Gasteiger partial charge in [-0.1, -0.05) is 6.07 Å². The smallest absolute Gasteiger partial charge is 0.328 e. The third-order valence-electron chi connectivity index (χ3n) is 5.14. The van der Waals surface area contributed by atoms with E-state index in [4.69, 9.17) is 0 Å². The molecule has 0 atom stereocenters. The van der Waals surface area contributed by atoms with E-state index in [-0.39, 0.29) is 11.7 Å². The quantitative estimate of drug-likeness (QED) is 0.500. The van der Waals surface area contributed by atoms with Gasteiger partial charge in [-0.05, 0) is 69.0 Å². The van der Waals surface area contributed by atoms with Crippen LogP contribution in [0.4, 0.5) is 21.8 Å². The Morgan fingerprint density at radius 2 is 1.90 bits per heavy atom. The molecule has 3 N–H and O–H groups in total. The molecule has 7 nitrogen and oxygen atoms in total. The average Bonchev–Trinajstić information content (AvgIpc) is 3.54. The maximum absolute atomic E-state index is 13.9. The fourth-order valence-electron chi connectivity index (χ4n) is 3.25. The monoisotopic (exact) mass is 421 g/mol. The highest BCUT2D eigenvalue weighted by Crippen LogP contribution is 2.40. The normalized spacial score (nSPS) is 13.7. The highest BCUT2D eigenvalue weighted by molar-refractivity contribution is 5.81. The van der Waals surface area contributed by atoms with Gasteiger partial charge in [0.05, 0.1) is 11.9 Å². The number of pyridine rings is 1. The molecule has 1 saturated carbocycles. The molecule has 0 radical (unpaired) electrons. The molecule has 0 aliphatic heterocycles. The number of anilines is 3. The molecule has 0 unspecified atom stereocenters. The number of rotatable bonds is 7. The molecular weight excluding hydrogens is 397 g/mol. The molecule has 0 amide bonds. The number of carboxylic acids is 1. The van der Waals surface area contributed by atoms with Crippen LogP contribution in [0.1, 0.15) is 43.9 Å². The summed E-state index contributed by atoms with van der Waals surface area (Å²) >= 11 is 0. The summed E-state index contributed by atoms with van der Waals surface area (Å²) in [5.41, 5.74) is 2.98. The lowest BCUT2D eigenvalue weighted by molar-refractivity contribution is -0.141. The van der Waals surface area contributed by atoms with Crippen LogP contribution < -0.4 is 10.6 Å². The number of halogens is 1. The number of nitrogens with one attached hydrogen (secondary N) is 2. The number of carboxylic acid groups (broad SMARTS) is 1. The van der Waals surface area contributed by atoms with Crippen molar-refractivity contribution in [1.29, 1.82) is 0 Å². The largest absolute Gasteiger partial charge is 0.480 e. The minimum Gasteiger partial charge on any atom is -0.480 e. The second-order valence-electron chi connectivity index (χ2n) is 8.40. The number of aliphatic carboxylic acids is 1. The summed E-state index contributed by atoms with van der Waals surface area (Å²) in [5.74, 6) is -0.270. The van der Waals surface area contributed by atoms with Gasteiger partial charge in [0, 0.05) is 23.4 Å². The molecule has 2 heterocycles. The Kier molecular flexibility index (Phi) is 5.31. The Morgan fingerprint density at radius 1 is 1.13 bits per heavy atom. The van der Waals surface area contributed by atoms with Crippen LogP contribution in [0.5, 0.6) is 0 Å². The lowest BCUT2D eigenvalue weighted by atomic mass is 10.0. The van der Waals surface area contributed by atoms with Crippen LogP contribution in [0.25, 0.3) is 11.1 Å². The van der Waals surface area contributed by atoms with Gasteiger partial charge in [0.2, 0.25) is 5.95 Å². The third kappa shape index (κ3) is 4.79. The molecule has 1 aromatic carbocycles. The first-order valence-electron chi connectivity index (χ1n) is 10.1. The molecule has 2 aromatic heterocycles. The Hall–Kier alpha value is -3.55. The van der Waals surface area contributed by atoms with Gasteiger partial charge < -0.3 is 15.7 Å². The van der Waals surface area contributed by atoms with E-state index in [1.165, 1.54) is 6.20 Å². The first kappa shape index (κ1) is 20.7. The Labute approximate surface area is 179 Å². The molecule has 160 valence electrons. The van der Waals surface area contributed by atoms with Crippen LogP contribution in [-0.4, -0.2) is 31.6 Å². The summed E-state index contributed by atoms with van der Waals surface area (Å²) in [6.07, 6.45) is 4.83. The van der Waals surface area contributed by atoms with E-state index in [1.54, 1.807) is 26.1 Å². The molecular formula is C23H24FN5O2. The lowest BCUT2D eigenvalue weighted by Gasteiger charge is -2.21. The molecule has 0 spiro atoms. The maximum Gasteiger partial charge on any atom is 0.328 e. The minimum atomic E-state index is -1.12. The number of benzene rings is 1. The van der Waals surface area contributed by atoms with E-state index >= 15 is 0 Å². The van der Waals surface area contributed by atoms with Crippen molar-refractivity contribution in [3.8, 4) is 11.1 Å². The van der Waals surface area contributed by atoms with Crippen LogP contribution in [0, 0.1) is 12.7 Å². The number of aryl methyl sites for hydroxylation is 1. The number of nitrogens with zero attached hydrogens (tertiary/aromatic N) is 3. The summed E-state index contributed by atoms with van der Waals surface area (Å²) < 4.78 is 13.9. The highest BCUT2D eigenvalue weighted by atomic mass is 19.1. The van der Waals surface area contributed by atoms with E-state index < -0.39 is 11.5 Å². The van der Waals surface area contributed by atoms with Crippen LogP contribution >= 0.6 is 0 Å². The summed E-state index contributed by atoms with van der Waals surface area (Å²) in [5, 5.41) is 15.3. The van der Waals surface area contributed by atoms with Crippen molar-refractivity contribution in [2.45, 2.75) is 45.1 Å². The third-order valence-corrected chi connectivity index (χ3v) is 5.14. The molecule has 0 saturated heterocycles. The predicted octanol–water partition coefficient (Wildman–Crippen LogP) is 4.88. The molecule has 1 aliphatic carbocycles. The maximum atomic E-state index is 13.9. The fraction of sp³-hybridized carbons (Fsp3) is 0.304. The molecule has 8 heteroatoms. The molecule has 31 heavy (non-hydrogen) atoms. The number of carbonyl (C=O) groups is 1. The summed E-state index contributed by atoms with van der Waals surface area (Å²) in [7, 11) is 0. The summed E-state index contributed by atoms with van der Waals surface area (Å²) in [4.78, 5) is 24.1. The van der Waals surface area contributed by atoms with Crippen molar-refractivity contribution in [3.05, 3.63) is 59.8 Å². The second-order valence-corrected chi connectivity index (χ2v) is 8.40. The molecule has 3 aromatic rings. The first-order chi connectivity index (χ1) is 14.7. The van der Waals surface area contributed by atoms with Crippen molar-refractivity contribution in [3.63, 3.8) is 0 Å². The minimum absolute atomic E-state index is 0.195. The van der Waals surface area contributed by atoms with Gasteiger partial charge in [-0.15, -0.1) is 0 Å². The Bertz CT molecular complexity index is 1130. The zero-order chi connectivity index (χ0) is 22.2. The zero-order valence-electron chi connectivity index (χ0n) is 17.6. The standard InChI is InChI=1S/C23H24FN5O2/c1-13-8-16(15-6-7-19(25-11-15)29-23(2,3)21(30)31)10-17(9-13)27-22-26-12-18(24)20(28-22)14-4-5-14/h6-12,14H,4-5H2,1-3H3,(H,25,29)(H,30,31)(H,26,27,28).